The zero-order valence-corrected chi connectivity index (χ0v) is 15.1. The SMILES string of the molecule is CCN1CCC[C@H]1CSc1nnc(CN)n1-c1cccc(OC)c1. The normalized spacial score (nSPS) is 18.2. The van der Waals surface area contributed by atoms with Crippen molar-refractivity contribution in [3.63, 3.8) is 0 Å². The van der Waals surface area contributed by atoms with Crippen LogP contribution in [0.4, 0.5) is 0 Å². The van der Waals surface area contributed by atoms with Gasteiger partial charge in [0.05, 0.1) is 19.3 Å². The molecule has 1 fully saturated rings. The Bertz CT molecular complexity index is 675. The number of aromatic nitrogens is 3. The van der Waals surface area contributed by atoms with Crippen LogP contribution in [0.25, 0.3) is 5.69 Å². The van der Waals surface area contributed by atoms with E-state index in [-0.39, 0.29) is 0 Å². The molecule has 130 valence electrons. The molecule has 0 saturated carbocycles. The molecule has 0 unspecified atom stereocenters. The number of thioether (sulfide) groups is 1. The van der Waals surface area contributed by atoms with Crippen molar-refractivity contribution in [2.24, 2.45) is 5.73 Å². The van der Waals surface area contributed by atoms with Gasteiger partial charge in [-0.15, -0.1) is 10.2 Å². The van der Waals surface area contributed by atoms with Crippen molar-refractivity contribution in [1.82, 2.24) is 19.7 Å². The molecule has 1 aromatic heterocycles. The van der Waals surface area contributed by atoms with E-state index in [1.54, 1.807) is 18.9 Å². The molecule has 1 aromatic carbocycles. The molecule has 0 radical (unpaired) electrons. The van der Waals surface area contributed by atoms with E-state index in [2.05, 4.69) is 22.0 Å². The third-order valence-electron chi connectivity index (χ3n) is 4.50. The van der Waals surface area contributed by atoms with Gasteiger partial charge in [0.25, 0.3) is 0 Å². The van der Waals surface area contributed by atoms with Gasteiger partial charge < -0.3 is 10.5 Å². The van der Waals surface area contributed by atoms with Crippen molar-refractivity contribution in [3.8, 4) is 11.4 Å². The first-order valence-electron chi connectivity index (χ1n) is 8.42. The van der Waals surface area contributed by atoms with Gasteiger partial charge in [0.15, 0.2) is 11.0 Å². The lowest BCUT2D eigenvalue weighted by Crippen LogP contribution is -2.31. The molecule has 6 nitrogen and oxygen atoms in total. The molecule has 1 aliphatic rings. The Labute approximate surface area is 147 Å². The molecule has 1 aliphatic heterocycles. The van der Waals surface area contributed by atoms with Gasteiger partial charge in [-0.2, -0.15) is 0 Å². The summed E-state index contributed by atoms with van der Waals surface area (Å²) in [5.41, 5.74) is 6.85. The van der Waals surface area contributed by atoms with Gasteiger partial charge in [-0.3, -0.25) is 9.47 Å². The van der Waals surface area contributed by atoms with E-state index in [1.807, 2.05) is 28.8 Å². The van der Waals surface area contributed by atoms with Crippen LogP contribution in [0.5, 0.6) is 5.75 Å². The van der Waals surface area contributed by atoms with Crippen molar-refractivity contribution in [2.75, 3.05) is 26.0 Å². The average molecular weight is 347 g/mol. The third-order valence-corrected chi connectivity index (χ3v) is 5.58. The van der Waals surface area contributed by atoms with E-state index in [9.17, 15) is 0 Å². The van der Waals surface area contributed by atoms with Gasteiger partial charge in [-0.25, -0.2) is 0 Å². The molecular formula is C17H25N5OS. The molecule has 0 spiro atoms. The van der Waals surface area contributed by atoms with Gasteiger partial charge in [0.1, 0.15) is 5.75 Å². The highest BCUT2D eigenvalue weighted by atomic mass is 32.2. The first-order chi connectivity index (χ1) is 11.8. The number of nitrogens with two attached hydrogens (primary N) is 1. The number of hydrogen-bond acceptors (Lipinski definition) is 6. The maximum atomic E-state index is 5.86. The molecule has 2 heterocycles. The van der Waals surface area contributed by atoms with Crippen LogP contribution in [-0.4, -0.2) is 51.7 Å². The van der Waals surface area contributed by atoms with Crippen molar-refractivity contribution in [2.45, 2.75) is 37.5 Å². The fourth-order valence-corrected chi connectivity index (χ4v) is 4.36. The predicted octanol–water partition coefficient (Wildman–Crippen LogP) is 2.31. The summed E-state index contributed by atoms with van der Waals surface area (Å²) in [6.07, 6.45) is 2.55. The number of benzene rings is 1. The highest BCUT2D eigenvalue weighted by Gasteiger charge is 2.24. The largest absolute Gasteiger partial charge is 0.497 e. The predicted molar refractivity (Wildman–Crippen MR) is 96.8 cm³/mol. The summed E-state index contributed by atoms with van der Waals surface area (Å²) < 4.78 is 7.38. The molecule has 7 heteroatoms. The number of ether oxygens (including phenoxy) is 1. The van der Waals surface area contributed by atoms with Gasteiger partial charge in [-0.1, -0.05) is 24.8 Å². The van der Waals surface area contributed by atoms with Crippen LogP contribution in [-0.2, 0) is 6.54 Å². The molecule has 3 rings (SSSR count). The smallest absolute Gasteiger partial charge is 0.195 e. The third kappa shape index (κ3) is 3.58. The Morgan fingerprint density at radius 2 is 2.25 bits per heavy atom. The number of methoxy groups -OCH3 is 1. The van der Waals surface area contributed by atoms with Crippen LogP contribution in [0.1, 0.15) is 25.6 Å². The molecular weight excluding hydrogens is 322 g/mol. The highest BCUT2D eigenvalue weighted by molar-refractivity contribution is 7.99. The Balaban J connectivity index is 1.82. The Kier molecular flexibility index (Phi) is 5.76. The lowest BCUT2D eigenvalue weighted by Gasteiger charge is -2.22. The maximum Gasteiger partial charge on any atom is 0.195 e. The van der Waals surface area contributed by atoms with Crippen molar-refractivity contribution in [3.05, 3.63) is 30.1 Å². The molecule has 24 heavy (non-hydrogen) atoms. The summed E-state index contributed by atoms with van der Waals surface area (Å²) in [6.45, 7) is 4.91. The maximum absolute atomic E-state index is 5.86. The van der Waals surface area contributed by atoms with E-state index in [0.717, 1.165) is 34.7 Å². The van der Waals surface area contributed by atoms with E-state index >= 15 is 0 Å². The zero-order valence-electron chi connectivity index (χ0n) is 14.3. The minimum atomic E-state index is 0.356. The fourth-order valence-electron chi connectivity index (χ4n) is 3.21. The number of nitrogens with zero attached hydrogens (tertiary/aromatic N) is 4. The summed E-state index contributed by atoms with van der Waals surface area (Å²) in [6, 6.07) is 8.54. The monoisotopic (exact) mass is 347 g/mol. The van der Waals surface area contributed by atoms with Crippen molar-refractivity contribution >= 4 is 11.8 Å². The van der Waals surface area contributed by atoms with Crippen LogP contribution in [0, 0.1) is 0 Å². The van der Waals surface area contributed by atoms with Crippen LogP contribution in [0.15, 0.2) is 29.4 Å². The molecule has 2 aromatic rings. The standard InChI is InChI=1S/C17H25N5OS/c1-3-21-9-5-7-14(21)12-24-17-20-19-16(11-18)22(17)13-6-4-8-15(10-13)23-2/h4,6,8,10,14H,3,5,7,9,11-12,18H2,1-2H3/t14-/m0/s1. The Morgan fingerprint density at radius 1 is 1.38 bits per heavy atom. The first-order valence-corrected chi connectivity index (χ1v) is 9.41. The highest BCUT2D eigenvalue weighted by Crippen LogP contribution is 2.28. The van der Waals surface area contributed by atoms with Crippen LogP contribution in [0.3, 0.4) is 0 Å². The second kappa shape index (κ2) is 8.00. The number of hydrogen-bond donors (Lipinski definition) is 1. The minimum Gasteiger partial charge on any atom is -0.497 e. The summed E-state index contributed by atoms with van der Waals surface area (Å²) in [7, 11) is 1.67. The van der Waals surface area contributed by atoms with Gasteiger partial charge in [0, 0.05) is 17.9 Å². The number of likely N-dealkylation sites (tertiary alicyclic amines) is 1. The fraction of sp³-hybridized carbons (Fsp3) is 0.529. The quantitative estimate of drug-likeness (QED) is 0.775. The molecule has 1 atom stereocenters. The molecule has 2 N–H and O–H groups in total. The summed E-state index contributed by atoms with van der Waals surface area (Å²) in [5.74, 6) is 2.61. The lowest BCUT2D eigenvalue weighted by atomic mass is 10.2. The van der Waals surface area contributed by atoms with Gasteiger partial charge in [-0.05, 0) is 38.1 Å². The minimum absolute atomic E-state index is 0.356. The summed E-state index contributed by atoms with van der Waals surface area (Å²) >= 11 is 1.76. The average Bonchev–Trinajstić information content (AvgIpc) is 3.25. The van der Waals surface area contributed by atoms with Crippen LogP contribution in [0.2, 0.25) is 0 Å². The van der Waals surface area contributed by atoms with Crippen molar-refractivity contribution < 1.29 is 4.74 Å². The van der Waals surface area contributed by atoms with Crippen molar-refractivity contribution in [1.29, 1.82) is 0 Å². The van der Waals surface area contributed by atoms with E-state index in [4.69, 9.17) is 10.5 Å². The zero-order chi connectivity index (χ0) is 16.9. The topological polar surface area (TPSA) is 69.2 Å². The summed E-state index contributed by atoms with van der Waals surface area (Å²) in [4.78, 5) is 2.54. The van der Waals surface area contributed by atoms with Gasteiger partial charge in [0.2, 0.25) is 0 Å². The molecule has 0 amide bonds. The van der Waals surface area contributed by atoms with E-state index in [1.165, 1.54) is 19.4 Å². The Morgan fingerprint density at radius 3 is 3.00 bits per heavy atom. The van der Waals surface area contributed by atoms with Crippen LogP contribution >= 0.6 is 11.8 Å². The van der Waals surface area contributed by atoms with Crippen LogP contribution < -0.4 is 10.5 Å². The lowest BCUT2D eigenvalue weighted by molar-refractivity contribution is 0.287. The van der Waals surface area contributed by atoms with Gasteiger partial charge >= 0.3 is 0 Å². The van der Waals surface area contributed by atoms with E-state index < -0.39 is 0 Å². The second-order valence-corrected chi connectivity index (χ2v) is 6.86. The first kappa shape index (κ1) is 17.3. The second-order valence-electron chi connectivity index (χ2n) is 5.88. The van der Waals surface area contributed by atoms with E-state index in [0.29, 0.717) is 12.6 Å². The Hall–Kier alpha value is -1.57. The number of rotatable bonds is 7. The molecule has 1 saturated heterocycles. The molecule has 0 bridgehead atoms. The molecule has 0 aliphatic carbocycles. The summed E-state index contributed by atoms with van der Waals surface area (Å²) in [5, 5.41) is 9.53.